The molecular weight excluding hydrogens is 515 g/mol. The number of aldehydes is 3. The molecule has 0 unspecified atom stereocenters. The quantitative estimate of drug-likeness (QED) is 0.346. The predicted molar refractivity (Wildman–Crippen MR) is 131 cm³/mol. The molecule has 0 radical (unpaired) electrons. The zero-order chi connectivity index (χ0) is 27.0. The molecule has 3 aliphatic heterocycles. The summed E-state index contributed by atoms with van der Waals surface area (Å²) in [6, 6.07) is 9.83. The molecule has 1 spiro atoms. The Bertz CT molecular complexity index is 1250. The maximum atomic E-state index is 12.2. The fourth-order valence-electron chi connectivity index (χ4n) is 3.45. The molecule has 10 nitrogen and oxygen atoms in total. The highest BCUT2D eigenvalue weighted by atomic mass is 35.5. The average molecular weight is 535 g/mol. The van der Waals surface area contributed by atoms with Crippen LogP contribution in [0.15, 0.2) is 48.2 Å². The normalized spacial score (nSPS) is 17.8. The van der Waals surface area contributed by atoms with Gasteiger partial charge in [-0.05, 0) is 36.4 Å². The molecule has 0 aliphatic carbocycles. The lowest BCUT2D eigenvalue weighted by molar-refractivity contribution is -0.139. The summed E-state index contributed by atoms with van der Waals surface area (Å²) in [7, 11) is 2.65. The van der Waals surface area contributed by atoms with Crippen LogP contribution < -0.4 is 10.2 Å². The van der Waals surface area contributed by atoms with E-state index >= 15 is 0 Å². The number of rotatable bonds is 3. The molecule has 12 heteroatoms. The fourth-order valence-corrected chi connectivity index (χ4v) is 3.79. The van der Waals surface area contributed by atoms with Crippen LogP contribution in [-0.4, -0.2) is 55.7 Å². The van der Waals surface area contributed by atoms with E-state index < -0.39 is 17.3 Å². The number of likely N-dealkylation sites (N-methyl/N-ethyl adjacent to an activating group) is 1. The molecule has 0 saturated carbocycles. The number of hydrogen-bond donors (Lipinski definition) is 2. The molecule has 36 heavy (non-hydrogen) atoms. The first-order valence-electron chi connectivity index (χ1n) is 10.1. The first kappa shape index (κ1) is 28.4. The van der Waals surface area contributed by atoms with E-state index in [1.54, 1.807) is 37.4 Å². The Morgan fingerprint density at radius 1 is 1.00 bits per heavy atom. The Morgan fingerprint density at radius 2 is 1.61 bits per heavy atom. The number of amides is 2. The summed E-state index contributed by atoms with van der Waals surface area (Å²) >= 11 is 11.6. The van der Waals surface area contributed by atoms with E-state index in [2.05, 4.69) is 5.32 Å². The average Bonchev–Trinajstić information content (AvgIpc) is 3.26. The van der Waals surface area contributed by atoms with E-state index in [4.69, 9.17) is 33.0 Å². The van der Waals surface area contributed by atoms with Gasteiger partial charge in [-0.2, -0.15) is 0 Å². The summed E-state index contributed by atoms with van der Waals surface area (Å²) in [5.74, 6) is -1.38. The maximum Gasteiger partial charge on any atom is 0.296 e. The van der Waals surface area contributed by atoms with Gasteiger partial charge in [-0.15, -0.1) is 0 Å². The van der Waals surface area contributed by atoms with Crippen LogP contribution in [0.2, 0.25) is 10.0 Å². The van der Waals surface area contributed by atoms with E-state index in [0.29, 0.717) is 57.0 Å². The van der Waals surface area contributed by atoms with Gasteiger partial charge in [0, 0.05) is 29.8 Å². The summed E-state index contributed by atoms with van der Waals surface area (Å²) in [6.07, 6.45) is 3.10. The summed E-state index contributed by atoms with van der Waals surface area (Å²) in [5, 5.41) is 10.4. The Morgan fingerprint density at radius 3 is 2.14 bits per heavy atom. The molecule has 0 fully saturated rings. The van der Waals surface area contributed by atoms with Crippen LogP contribution in [0.3, 0.4) is 0 Å². The van der Waals surface area contributed by atoms with Crippen molar-refractivity contribution in [3.63, 3.8) is 0 Å². The summed E-state index contributed by atoms with van der Waals surface area (Å²) < 4.78 is 5.30. The molecule has 0 bridgehead atoms. The van der Waals surface area contributed by atoms with E-state index in [1.165, 1.54) is 17.2 Å². The van der Waals surface area contributed by atoms with Crippen molar-refractivity contribution < 1.29 is 38.6 Å². The number of benzene rings is 2. The van der Waals surface area contributed by atoms with Gasteiger partial charge in [0.15, 0.2) is 6.29 Å². The highest BCUT2D eigenvalue weighted by molar-refractivity contribution is 6.52. The zero-order valence-corrected chi connectivity index (χ0v) is 20.5. The lowest BCUT2D eigenvalue weighted by Crippen LogP contribution is -2.46. The van der Waals surface area contributed by atoms with E-state index in [0.717, 1.165) is 7.11 Å². The molecule has 2 N–H and O–H groups in total. The van der Waals surface area contributed by atoms with Gasteiger partial charge in [0.25, 0.3) is 17.6 Å². The molecule has 188 valence electrons. The van der Waals surface area contributed by atoms with Crippen molar-refractivity contribution in [1.82, 2.24) is 0 Å². The number of ketones is 1. The molecule has 2 aromatic rings. The molecular formula is C24H20Cl2N2O8. The van der Waals surface area contributed by atoms with Crippen LogP contribution in [0.25, 0.3) is 0 Å². The number of nitrogens with zero attached hydrogens (tertiary/aromatic N) is 1. The van der Waals surface area contributed by atoms with Crippen molar-refractivity contribution in [2.45, 2.75) is 12.0 Å². The van der Waals surface area contributed by atoms with Gasteiger partial charge in [-0.1, -0.05) is 23.2 Å². The fraction of sp³-hybridized carbons (Fsp3) is 0.167. The molecule has 5 rings (SSSR count). The topological polar surface area (TPSA) is 147 Å². The third kappa shape index (κ3) is 5.20. The molecule has 0 aromatic heterocycles. The van der Waals surface area contributed by atoms with E-state index in [9.17, 15) is 28.8 Å². The summed E-state index contributed by atoms with van der Waals surface area (Å²) in [5.41, 5.74) is 1.29. The molecule has 2 aromatic carbocycles. The lowest BCUT2D eigenvalue weighted by atomic mass is 9.85. The summed E-state index contributed by atoms with van der Waals surface area (Å²) in [6.45, 7) is 0. The first-order chi connectivity index (χ1) is 17.2. The minimum atomic E-state index is -1.27. The molecule has 3 aliphatic rings. The van der Waals surface area contributed by atoms with Crippen molar-refractivity contribution in [3.05, 3.63) is 69.4 Å². The van der Waals surface area contributed by atoms with Crippen LogP contribution in [-0.2, 0) is 34.3 Å². The standard InChI is InChI=1S/C12H8ClNO3.C8H4ClNO2.C3H4O2.CH4O/c1-14-10-3-2-8(13)4-9(10)12(11(14)16)7(5-15)6-17-12;9-4-1-2-6-5(3-4)7(11)8(12)10-6;4-2-1-3-5;1-2/h2-6H,1H3;1-3H,(H,10,11,12);2-3H,1H2;2H,1H3/t12-;;;/m0.../s1. The Kier molecular flexibility index (Phi) is 9.62. The van der Waals surface area contributed by atoms with Gasteiger partial charge in [0.05, 0.1) is 35.2 Å². The van der Waals surface area contributed by atoms with Crippen molar-refractivity contribution in [2.24, 2.45) is 0 Å². The van der Waals surface area contributed by atoms with Gasteiger partial charge >= 0.3 is 0 Å². The smallest absolute Gasteiger partial charge is 0.296 e. The molecule has 1 atom stereocenters. The van der Waals surface area contributed by atoms with Crippen LogP contribution in [0, 0.1) is 0 Å². The van der Waals surface area contributed by atoms with Gasteiger partial charge in [-0.25, -0.2) is 0 Å². The summed E-state index contributed by atoms with van der Waals surface area (Å²) in [4.78, 5) is 64.9. The van der Waals surface area contributed by atoms with E-state index in [1.807, 2.05) is 0 Å². The second-order valence-corrected chi connectivity index (χ2v) is 7.93. The number of anilines is 2. The second-order valence-electron chi connectivity index (χ2n) is 7.06. The third-order valence-corrected chi connectivity index (χ3v) is 5.54. The Balaban J connectivity index is 0.000000210. The van der Waals surface area contributed by atoms with Crippen molar-refractivity contribution >= 4 is 71.0 Å². The number of hydrogen-bond acceptors (Lipinski definition) is 8. The maximum absolute atomic E-state index is 12.2. The number of ether oxygens (including phenoxy) is 1. The lowest BCUT2D eigenvalue weighted by Gasteiger charge is -2.34. The number of halogens is 2. The number of carbonyl (C=O) groups is 6. The minimum Gasteiger partial charge on any atom is -0.474 e. The molecule has 3 heterocycles. The largest absolute Gasteiger partial charge is 0.474 e. The van der Waals surface area contributed by atoms with Crippen LogP contribution in [0.4, 0.5) is 11.4 Å². The van der Waals surface area contributed by atoms with Gasteiger partial charge in [0.2, 0.25) is 5.60 Å². The minimum absolute atomic E-state index is 0.0278. The molecule has 0 saturated heterocycles. The Hall–Kier alpha value is -3.86. The van der Waals surface area contributed by atoms with Crippen molar-refractivity contribution in [1.29, 1.82) is 0 Å². The van der Waals surface area contributed by atoms with Gasteiger partial charge in [-0.3, -0.25) is 19.2 Å². The molecule has 2 amide bonds. The van der Waals surface area contributed by atoms with Gasteiger partial charge in [0.1, 0.15) is 12.6 Å². The Labute approximate surface area is 215 Å². The number of fused-ring (bicyclic) bond motifs is 3. The SMILES string of the molecule is CN1C(=O)[C@@]2(OC=C2C=O)c2cc(Cl)ccc21.CO.O=C1Nc2ccc(Cl)cc2C1=O.O=CCC=O. The zero-order valence-electron chi connectivity index (χ0n) is 19.0. The van der Waals surface area contributed by atoms with Gasteiger partial charge < -0.3 is 29.6 Å². The number of carbonyl (C=O) groups excluding carboxylic acids is 6. The number of Topliss-reactive ketones (excluding diaryl/α,β-unsaturated/α-hetero) is 1. The van der Waals surface area contributed by atoms with Crippen molar-refractivity contribution in [3.8, 4) is 0 Å². The van der Waals surface area contributed by atoms with Crippen LogP contribution >= 0.6 is 23.2 Å². The monoisotopic (exact) mass is 534 g/mol. The van der Waals surface area contributed by atoms with Crippen LogP contribution in [0.5, 0.6) is 0 Å². The highest BCUT2D eigenvalue weighted by Gasteiger charge is 2.58. The third-order valence-electron chi connectivity index (χ3n) is 5.07. The predicted octanol–water partition coefficient (Wildman–Crippen LogP) is 2.48. The second kappa shape index (κ2) is 12.2. The number of aliphatic hydroxyl groups excluding tert-OH is 1. The number of nitrogens with one attached hydrogen (secondary N) is 1. The van der Waals surface area contributed by atoms with Crippen LogP contribution in [0.1, 0.15) is 22.3 Å². The first-order valence-corrected chi connectivity index (χ1v) is 10.9. The van der Waals surface area contributed by atoms with E-state index in [-0.39, 0.29) is 12.3 Å². The van der Waals surface area contributed by atoms with Crippen molar-refractivity contribution in [2.75, 3.05) is 24.4 Å². The highest BCUT2D eigenvalue weighted by Crippen LogP contribution is 2.51. The number of aliphatic hydroxyl groups is 1.